The van der Waals surface area contributed by atoms with E-state index in [1.165, 1.54) is 0 Å². The average molecular weight is 846 g/mol. The molecule has 336 valence electrons. The summed E-state index contributed by atoms with van der Waals surface area (Å²) >= 11 is 0. The Morgan fingerprint density at radius 3 is 1.69 bits per heavy atom. The molecule has 0 radical (unpaired) electrons. The van der Waals surface area contributed by atoms with Crippen LogP contribution in [0.2, 0.25) is 0 Å². The van der Waals surface area contributed by atoms with Crippen molar-refractivity contribution in [1.29, 1.82) is 0 Å². The van der Waals surface area contributed by atoms with Crippen molar-refractivity contribution in [2.45, 2.75) is 148 Å². The van der Waals surface area contributed by atoms with Gasteiger partial charge in [0.1, 0.15) is 19.8 Å². The number of esters is 2. The summed E-state index contributed by atoms with van der Waals surface area (Å²) in [4.78, 5) is 37.5. The molecule has 0 saturated heterocycles. The first-order chi connectivity index (χ1) is 28.4. The lowest BCUT2D eigenvalue weighted by Crippen LogP contribution is -2.37. The van der Waals surface area contributed by atoms with Crippen molar-refractivity contribution in [3.63, 3.8) is 0 Å². The Kier molecular flexibility index (Phi) is 37.0. The number of ether oxygens (including phenoxy) is 2. The van der Waals surface area contributed by atoms with Crippen molar-refractivity contribution in [1.82, 2.24) is 0 Å². The smallest absolute Gasteiger partial charge is 0.306 e. The minimum Gasteiger partial charge on any atom is -0.756 e. The van der Waals surface area contributed by atoms with E-state index in [1.807, 2.05) is 45.4 Å². The molecule has 0 fully saturated rings. The number of allylic oxidation sites excluding steroid dienone is 15. The number of carbonyl (C=O) groups is 2. The van der Waals surface area contributed by atoms with E-state index in [0.29, 0.717) is 30.3 Å². The normalized spacial score (nSPS) is 15.0. The van der Waals surface area contributed by atoms with E-state index in [9.17, 15) is 24.2 Å². The van der Waals surface area contributed by atoms with Gasteiger partial charge in [0.15, 0.2) is 6.10 Å². The molecule has 0 aromatic rings. The Morgan fingerprint density at radius 1 is 0.627 bits per heavy atom. The molecule has 1 unspecified atom stereocenters. The van der Waals surface area contributed by atoms with E-state index >= 15 is 0 Å². The molecular formula is C48H80NO9P. The number of aliphatic hydroxyl groups excluding tert-OH is 1. The third kappa shape index (κ3) is 42.8. The molecule has 0 bridgehead atoms. The zero-order chi connectivity index (χ0) is 43.7. The fourth-order valence-electron chi connectivity index (χ4n) is 5.18. The standard InChI is InChI=1S/C48H80NO9P/c1-6-8-10-11-12-13-14-15-16-17-18-19-23-26-29-32-35-39-47(51)55-43-46(44-57-59(53,54)56-42-41-49(3,4)5)58-48(52)40-36-33-30-27-24-21-20-22-25-28-31-34-38-45(50)37-9-7-2/h8,10,12-13,15-16,18-21,25,27-28,30,34,38,45-46,50H,6-7,9,11,14,17,22-24,26,29,31-33,35-37,39-44H2,1-5H3/b10-8-,13-12-,16-15-,19-18-,21-20-,28-25-,30-27-,38-34-/t45-,46-/m1/s1. The zero-order valence-electron chi connectivity index (χ0n) is 37.3. The summed E-state index contributed by atoms with van der Waals surface area (Å²) < 4.78 is 33.8. The third-order valence-electron chi connectivity index (χ3n) is 8.66. The lowest BCUT2D eigenvalue weighted by molar-refractivity contribution is -0.870. The van der Waals surface area contributed by atoms with Crippen LogP contribution >= 0.6 is 7.82 Å². The molecule has 0 aromatic heterocycles. The van der Waals surface area contributed by atoms with E-state index in [4.69, 9.17) is 18.5 Å². The highest BCUT2D eigenvalue weighted by Crippen LogP contribution is 2.38. The first kappa shape index (κ1) is 55.9. The van der Waals surface area contributed by atoms with Crippen LogP contribution in [-0.4, -0.2) is 81.2 Å². The Morgan fingerprint density at radius 2 is 1.14 bits per heavy atom. The molecule has 0 amide bonds. The Balaban J connectivity index is 4.55. The van der Waals surface area contributed by atoms with Crippen molar-refractivity contribution < 1.29 is 47.2 Å². The Labute approximate surface area is 358 Å². The van der Waals surface area contributed by atoms with Crippen LogP contribution in [0, 0.1) is 0 Å². The van der Waals surface area contributed by atoms with Gasteiger partial charge < -0.3 is 33.0 Å². The average Bonchev–Trinajstić information content (AvgIpc) is 3.18. The van der Waals surface area contributed by atoms with Crippen LogP contribution < -0.4 is 4.89 Å². The summed E-state index contributed by atoms with van der Waals surface area (Å²) in [6.07, 6.45) is 47.8. The largest absolute Gasteiger partial charge is 0.756 e. The van der Waals surface area contributed by atoms with Gasteiger partial charge in [0.05, 0.1) is 33.9 Å². The summed E-state index contributed by atoms with van der Waals surface area (Å²) in [6, 6.07) is 0. The second kappa shape index (κ2) is 39.1. The van der Waals surface area contributed by atoms with Crippen LogP contribution in [-0.2, 0) is 32.7 Å². The van der Waals surface area contributed by atoms with Crippen LogP contribution in [0.1, 0.15) is 136 Å². The number of aliphatic hydroxyl groups is 1. The molecule has 0 aromatic carbocycles. The van der Waals surface area contributed by atoms with Crippen molar-refractivity contribution in [3.05, 3.63) is 97.2 Å². The summed E-state index contributed by atoms with van der Waals surface area (Å²) in [7, 11) is 1.07. The Bertz CT molecular complexity index is 1340. The van der Waals surface area contributed by atoms with Crippen LogP contribution in [0.25, 0.3) is 0 Å². The first-order valence-electron chi connectivity index (χ1n) is 22.0. The number of quaternary nitrogens is 1. The molecule has 0 heterocycles. The topological polar surface area (TPSA) is 131 Å². The van der Waals surface area contributed by atoms with Gasteiger partial charge in [-0.25, -0.2) is 0 Å². The van der Waals surface area contributed by atoms with Crippen molar-refractivity contribution in [2.75, 3.05) is 47.5 Å². The number of carbonyl (C=O) groups excluding carboxylic acids is 2. The summed E-state index contributed by atoms with van der Waals surface area (Å²) in [5.74, 6) is -0.962. The van der Waals surface area contributed by atoms with Gasteiger partial charge in [-0.05, 0) is 83.5 Å². The highest BCUT2D eigenvalue weighted by atomic mass is 31.2. The van der Waals surface area contributed by atoms with Gasteiger partial charge in [-0.15, -0.1) is 0 Å². The van der Waals surface area contributed by atoms with Crippen molar-refractivity contribution in [2.24, 2.45) is 0 Å². The summed E-state index contributed by atoms with van der Waals surface area (Å²) in [5, 5.41) is 9.83. The quantitative estimate of drug-likeness (QED) is 0.0212. The van der Waals surface area contributed by atoms with Crippen LogP contribution in [0.3, 0.4) is 0 Å². The molecule has 0 aliphatic carbocycles. The number of hydrogen-bond donors (Lipinski definition) is 1. The molecular weight excluding hydrogens is 765 g/mol. The van der Waals surface area contributed by atoms with E-state index in [0.717, 1.165) is 89.9 Å². The Hall–Kier alpha value is -3.11. The van der Waals surface area contributed by atoms with Gasteiger partial charge in [0, 0.05) is 12.8 Å². The van der Waals surface area contributed by atoms with Crippen LogP contribution in [0.4, 0.5) is 0 Å². The fourth-order valence-corrected chi connectivity index (χ4v) is 5.91. The number of hydrogen-bond acceptors (Lipinski definition) is 9. The van der Waals surface area contributed by atoms with E-state index < -0.39 is 32.5 Å². The monoisotopic (exact) mass is 846 g/mol. The van der Waals surface area contributed by atoms with Gasteiger partial charge in [-0.1, -0.05) is 137 Å². The van der Waals surface area contributed by atoms with Crippen LogP contribution in [0.15, 0.2) is 97.2 Å². The maximum absolute atomic E-state index is 12.7. The predicted octanol–water partition coefficient (Wildman–Crippen LogP) is 10.9. The van der Waals surface area contributed by atoms with Crippen molar-refractivity contribution >= 4 is 19.8 Å². The molecule has 0 aliphatic rings. The SMILES string of the molecule is CC/C=C\C/C=C\C/C=C\C/C=C\CCCCCCC(=O)OC[C@H](COP(=O)([O-])OCC[N+](C)(C)C)OC(=O)CCC/C=C\C/C=C\C/C=C\C/C=C\[C@H](O)CCCC. The third-order valence-corrected chi connectivity index (χ3v) is 9.62. The summed E-state index contributed by atoms with van der Waals surface area (Å²) in [6.45, 7) is 3.82. The number of phosphoric acid groups is 1. The molecule has 59 heavy (non-hydrogen) atoms. The second-order valence-corrected chi connectivity index (χ2v) is 16.9. The van der Waals surface area contributed by atoms with Gasteiger partial charge in [-0.3, -0.25) is 14.2 Å². The molecule has 10 nitrogen and oxygen atoms in total. The van der Waals surface area contributed by atoms with E-state index in [-0.39, 0.29) is 32.2 Å². The highest BCUT2D eigenvalue weighted by molar-refractivity contribution is 7.45. The number of rotatable bonds is 38. The number of likely N-dealkylation sites (N-methyl/N-ethyl adjacent to an activating group) is 1. The van der Waals surface area contributed by atoms with Gasteiger partial charge in [0.25, 0.3) is 7.82 Å². The molecule has 3 atom stereocenters. The molecule has 0 saturated carbocycles. The lowest BCUT2D eigenvalue weighted by atomic mass is 10.1. The van der Waals surface area contributed by atoms with Gasteiger partial charge in [-0.2, -0.15) is 0 Å². The predicted molar refractivity (Wildman–Crippen MR) is 241 cm³/mol. The molecule has 0 aliphatic heterocycles. The summed E-state index contributed by atoms with van der Waals surface area (Å²) in [5.41, 5.74) is 0. The van der Waals surface area contributed by atoms with E-state index in [2.05, 4.69) is 86.8 Å². The molecule has 11 heteroatoms. The second-order valence-electron chi connectivity index (χ2n) is 15.5. The number of phosphoric ester groups is 1. The molecule has 0 rings (SSSR count). The highest BCUT2D eigenvalue weighted by Gasteiger charge is 2.21. The molecule has 1 N–H and O–H groups in total. The van der Waals surface area contributed by atoms with Crippen molar-refractivity contribution in [3.8, 4) is 0 Å². The number of unbranched alkanes of at least 4 members (excludes halogenated alkanes) is 6. The zero-order valence-corrected chi connectivity index (χ0v) is 38.2. The van der Waals surface area contributed by atoms with E-state index in [1.54, 1.807) is 0 Å². The fraction of sp³-hybridized carbons (Fsp3) is 0.625. The number of nitrogens with zero attached hydrogens (tertiary/aromatic N) is 1. The lowest BCUT2D eigenvalue weighted by Gasteiger charge is -2.28. The maximum Gasteiger partial charge on any atom is 0.306 e. The minimum atomic E-state index is -4.66. The molecule has 0 spiro atoms. The van der Waals surface area contributed by atoms with Gasteiger partial charge in [0.2, 0.25) is 0 Å². The van der Waals surface area contributed by atoms with Gasteiger partial charge >= 0.3 is 11.9 Å². The maximum atomic E-state index is 12.7. The van der Waals surface area contributed by atoms with Crippen LogP contribution in [0.5, 0.6) is 0 Å². The first-order valence-corrected chi connectivity index (χ1v) is 23.5. The minimum absolute atomic E-state index is 0.0584.